The lowest BCUT2D eigenvalue weighted by Crippen LogP contribution is -2.40. The van der Waals surface area contributed by atoms with Crippen molar-refractivity contribution in [2.24, 2.45) is 11.3 Å². The summed E-state index contributed by atoms with van der Waals surface area (Å²) in [4.78, 5) is 13.1. The van der Waals surface area contributed by atoms with E-state index in [4.69, 9.17) is 5.11 Å². The third-order valence-electron chi connectivity index (χ3n) is 5.06. The highest BCUT2D eigenvalue weighted by Gasteiger charge is 2.32. The smallest absolute Gasteiger partial charge is 0.338 e. The normalized spacial score (nSPS) is 18.9. The molecule has 0 saturated carbocycles. The van der Waals surface area contributed by atoms with E-state index in [0.29, 0.717) is 17.9 Å². The number of rotatable bonds is 4. The Morgan fingerprint density at radius 3 is 2.48 bits per heavy atom. The first-order valence-corrected chi connectivity index (χ1v) is 7.56. The molecule has 3 nitrogen and oxygen atoms in total. The van der Waals surface area contributed by atoms with Crippen LogP contribution in [-0.4, -0.2) is 29.1 Å². The SMILES string of the molecule is CC(C)C1(C)CCN(Cc2ccc(C(=O)O)c(F)c2)CC1. The van der Waals surface area contributed by atoms with Gasteiger partial charge in [0.1, 0.15) is 5.82 Å². The highest BCUT2D eigenvalue weighted by molar-refractivity contribution is 5.87. The van der Waals surface area contributed by atoms with Crippen molar-refractivity contribution in [1.82, 2.24) is 4.90 Å². The number of benzene rings is 1. The molecule has 1 heterocycles. The van der Waals surface area contributed by atoms with E-state index in [-0.39, 0.29) is 5.56 Å². The van der Waals surface area contributed by atoms with Crippen molar-refractivity contribution in [2.75, 3.05) is 13.1 Å². The summed E-state index contributed by atoms with van der Waals surface area (Å²) >= 11 is 0. The molecule has 1 aliphatic heterocycles. The summed E-state index contributed by atoms with van der Waals surface area (Å²) in [6.45, 7) is 9.60. The van der Waals surface area contributed by atoms with Crippen LogP contribution in [0.3, 0.4) is 0 Å². The molecule has 0 amide bonds. The molecule has 2 rings (SSSR count). The van der Waals surface area contributed by atoms with Crippen molar-refractivity contribution in [1.29, 1.82) is 0 Å². The Bertz CT molecular complexity index is 520. The van der Waals surface area contributed by atoms with Crippen molar-refractivity contribution < 1.29 is 14.3 Å². The van der Waals surface area contributed by atoms with Crippen molar-refractivity contribution in [3.63, 3.8) is 0 Å². The van der Waals surface area contributed by atoms with Crippen LogP contribution < -0.4 is 0 Å². The van der Waals surface area contributed by atoms with E-state index in [1.54, 1.807) is 6.07 Å². The van der Waals surface area contributed by atoms with E-state index in [1.807, 2.05) is 0 Å². The summed E-state index contributed by atoms with van der Waals surface area (Å²) in [5, 5.41) is 8.84. The van der Waals surface area contributed by atoms with E-state index >= 15 is 0 Å². The number of carboxylic acid groups (broad SMARTS) is 1. The predicted molar refractivity (Wildman–Crippen MR) is 80.8 cm³/mol. The molecule has 1 saturated heterocycles. The highest BCUT2D eigenvalue weighted by Crippen LogP contribution is 2.38. The van der Waals surface area contributed by atoms with Crippen LogP contribution in [-0.2, 0) is 6.54 Å². The van der Waals surface area contributed by atoms with E-state index in [2.05, 4.69) is 25.7 Å². The van der Waals surface area contributed by atoms with E-state index in [9.17, 15) is 9.18 Å². The fraction of sp³-hybridized carbons (Fsp3) is 0.588. The fourth-order valence-electron chi connectivity index (χ4n) is 2.89. The van der Waals surface area contributed by atoms with E-state index in [1.165, 1.54) is 12.1 Å². The number of piperidine rings is 1. The average Bonchev–Trinajstić information content (AvgIpc) is 2.41. The fourth-order valence-corrected chi connectivity index (χ4v) is 2.89. The van der Waals surface area contributed by atoms with Gasteiger partial charge < -0.3 is 5.11 Å². The molecule has 0 aromatic heterocycles. The van der Waals surface area contributed by atoms with Gasteiger partial charge in [0.25, 0.3) is 0 Å². The number of hydrogen-bond acceptors (Lipinski definition) is 2. The van der Waals surface area contributed by atoms with Gasteiger partial charge in [0, 0.05) is 6.54 Å². The lowest BCUT2D eigenvalue weighted by molar-refractivity contribution is 0.0690. The summed E-state index contributed by atoms with van der Waals surface area (Å²) in [6.07, 6.45) is 2.31. The van der Waals surface area contributed by atoms with Crippen LogP contribution in [0.25, 0.3) is 0 Å². The van der Waals surface area contributed by atoms with Crippen LogP contribution >= 0.6 is 0 Å². The Hall–Kier alpha value is -1.42. The average molecular weight is 293 g/mol. The van der Waals surface area contributed by atoms with Crippen LogP contribution in [0.5, 0.6) is 0 Å². The Morgan fingerprint density at radius 2 is 2.00 bits per heavy atom. The van der Waals surface area contributed by atoms with Gasteiger partial charge >= 0.3 is 5.97 Å². The second-order valence-corrected chi connectivity index (χ2v) is 6.70. The molecule has 0 atom stereocenters. The van der Waals surface area contributed by atoms with Gasteiger partial charge in [0.15, 0.2) is 0 Å². The standard InChI is InChI=1S/C17H24FNO2/c1-12(2)17(3)6-8-19(9-7-17)11-13-4-5-14(16(20)21)15(18)10-13/h4-5,10,12H,6-9,11H2,1-3H3,(H,20,21). The molecule has 1 aromatic carbocycles. The number of carbonyl (C=O) groups is 1. The van der Waals surface area contributed by atoms with Crippen molar-refractivity contribution in [2.45, 2.75) is 40.2 Å². The molecule has 21 heavy (non-hydrogen) atoms. The zero-order valence-electron chi connectivity index (χ0n) is 13.0. The van der Waals surface area contributed by atoms with Gasteiger partial charge in [-0.15, -0.1) is 0 Å². The molecule has 0 aliphatic carbocycles. The molecule has 116 valence electrons. The quantitative estimate of drug-likeness (QED) is 0.918. The minimum Gasteiger partial charge on any atom is -0.478 e. The lowest BCUT2D eigenvalue weighted by Gasteiger charge is -2.42. The summed E-state index contributed by atoms with van der Waals surface area (Å²) < 4.78 is 13.7. The lowest BCUT2D eigenvalue weighted by atomic mass is 9.72. The van der Waals surface area contributed by atoms with Crippen LogP contribution in [0.1, 0.15) is 49.5 Å². The van der Waals surface area contributed by atoms with Crippen LogP contribution in [0.4, 0.5) is 4.39 Å². The summed E-state index contributed by atoms with van der Waals surface area (Å²) in [7, 11) is 0. The first-order chi connectivity index (χ1) is 9.82. The summed E-state index contributed by atoms with van der Waals surface area (Å²) in [6, 6.07) is 4.41. The molecule has 1 aliphatic rings. The number of hydrogen-bond donors (Lipinski definition) is 1. The van der Waals surface area contributed by atoms with Crippen LogP contribution in [0.15, 0.2) is 18.2 Å². The molecule has 1 aromatic rings. The molecule has 0 spiro atoms. The van der Waals surface area contributed by atoms with Gasteiger partial charge in [-0.05, 0) is 55.0 Å². The molecule has 0 unspecified atom stereocenters. The summed E-state index contributed by atoms with van der Waals surface area (Å²) in [5.41, 5.74) is 0.977. The van der Waals surface area contributed by atoms with Gasteiger partial charge in [-0.1, -0.05) is 26.8 Å². The monoisotopic (exact) mass is 293 g/mol. The Kier molecular flexibility index (Phi) is 4.67. The maximum atomic E-state index is 13.7. The zero-order valence-corrected chi connectivity index (χ0v) is 13.0. The molecular formula is C17H24FNO2. The minimum absolute atomic E-state index is 0.259. The molecule has 4 heteroatoms. The second-order valence-electron chi connectivity index (χ2n) is 6.70. The van der Waals surface area contributed by atoms with Gasteiger partial charge in [0.05, 0.1) is 5.56 Å². The van der Waals surface area contributed by atoms with Gasteiger partial charge in [-0.2, -0.15) is 0 Å². The Balaban J connectivity index is 1.98. The van der Waals surface area contributed by atoms with Crippen molar-refractivity contribution in [3.05, 3.63) is 35.1 Å². The maximum Gasteiger partial charge on any atom is 0.338 e. The van der Waals surface area contributed by atoms with Gasteiger partial charge in [-0.25, -0.2) is 9.18 Å². The molecular weight excluding hydrogens is 269 g/mol. The first kappa shape index (κ1) is 16.0. The van der Waals surface area contributed by atoms with E-state index in [0.717, 1.165) is 31.5 Å². The summed E-state index contributed by atoms with van der Waals surface area (Å²) in [5.74, 6) is -1.19. The van der Waals surface area contributed by atoms with Crippen LogP contribution in [0.2, 0.25) is 0 Å². The molecule has 1 fully saturated rings. The largest absolute Gasteiger partial charge is 0.478 e. The van der Waals surface area contributed by atoms with Gasteiger partial charge in [0.2, 0.25) is 0 Å². The topological polar surface area (TPSA) is 40.5 Å². The number of halogens is 1. The number of likely N-dealkylation sites (tertiary alicyclic amines) is 1. The van der Waals surface area contributed by atoms with Crippen molar-refractivity contribution in [3.8, 4) is 0 Å². The number of carboxylic acids is 1. The number of aromatic carboxylic acids is 1. The van der Waals surface area contributed by atoms with Crippen LogP contribution in [0, 0.1) is 17.2 Å². The highest BCUT2D eigenvalue weighted by atomic mass is 19.1. The molecule has 1 N–H and O–H groups in total. The predicted octanol–water partition coefficient (Wildman–Crippen LogP) is 3.78. The second kappa shape index (κ2) is 6.14. The molecule has 0 bridgehead atoms. The minimum atomic E-state index is -1.22. The number of nitrogens with zero attached hydrogens (tertiary/aromatic N) is 1. The maximum absolute atomic E-state index is 13.7. The Labute approximate surface area is 125 Å². The van der Waals surface area contributed by atoms with Crippen molar-refractivity contribution >= 4 is 5.97 Å². The zero-order chi connectivity index (χ0) is 15.6. The third-order valence-corrected chi connectivity index (χ3v) is 5.06. The van der Waals surface area contributed by atoms with E-state index < -0.39 is 11.8 Å². The third kappa shape index (κ3) is 3.62. The molecule has 0 radical (unpaired) electrons. The Morgan fingerprint density at radius 1 is 1.38 bits per heavy atom. The first-order valence-electron chi connectivity index (χ1n) is 7.56. The van der Waals surface area contributed by atoms with Gasteiger partial charge in [-0.3, -0.25) is 4.90 Å².